The maximum Gasteiger partial charge on any atom is 0.253 e. The lowest BCUT2D eigenvalue weighted by Crippen LogP contribution is -2.35. The minimum atomic E-state index is -0.471. The maximum absolute atomic E-state index is 13.3. The quantitative estimate of drug-likeness (QED) is 0.555. The minimum absolute atomic E-state index is 0.146. The van der Waals surface area contributed by atoms with E-state index >= 15 is 0 Å². The number of likely N-dealkylation sites (tertiary alicyclic amines) is 1. The molecule has 2 heterocycles. The molecule has 0 saturated carbocycles. The molecular formula is C26H26ClN3O4. The van der Waals surface area contributed by atoms with E-state index in [1.165, 1.54) is 0 Å². The van der Waals surface area contributed by atoms with Crippen LogP contribution in [0.5, 0.6) is 11.5 Å². The molecule has 0 unspecified atom stereocenters. The van der Waals surface area contributed by atoms with Crippen LogP contribution in [0.4, 0.5) is 0 Å². The van der Waals surface area contributed by atoms with Crippen LogP contribution in [0, 0.1) is 5.92 Å². The van der Waals surface area contributed by atoms with Crippen LogP contribution in [0.25, 0.3) is 0 Å². The van der Waals surface area contributed by atoms with E-state index in [0.29, 0.717) is 35.2 Å². The Kier molecular flexibility index (Phi) is 7.33. The predicted molar refractivity (Wildman–Crippen MR) is 129 cm³/mol. The van der Waals surface area contributed by atoms with Gasteiger partial charge in [0.2, 0.25) is 5.91 Å². The summed E-state index contributed by atoms with van der Waals surface area (Å²) in [6.45, 7) is 0.955. The summed E-state index contributed by atoms with van der Waals surface area (Å²) < 4.78 is 11.0. The van der Waals surface area contributed by atoms with E-state index in [2.05, 4.69) is 10.3 Å². The van der Waals surface area contributed by atoms with Crippen molar-refractivity contribution in [2.75, 3.05) is 27.3 Å². The highest BCUT2D eigenvalue weighted by Crippen LogP contribution is 2.40. The monoisotopic (exact) mass is 479 g/mol. The molecule has 2 amide bonds. The summed E-state index contributed by atoms with van der Waals surface area (Å²) in [7, 11) is 3.18. The number of ether oxygens (including phenoxy) is 2. The SMILES string of the molecule is COc1ccc(OC)c([C@H]2CN(C(=O)c3ccc(Cl)cc3)C[C@H]2C(=O)NCc2ccccn2)c1. The molecule has 176 valence electrons. The van der Waals surface area contributed by atoms with Crippen molar-refractivity contribution in [2.45, 2.75) is 12.5 Å². The van der Waals surface area contributed by atoms with Gasteiger partial charge in [-0.25, -0.2) is 0 Å². The van der Waals surface area contributed by atoms with Crippen molar-refractivity contribution < 1.29 is 19.1 Å². The zero-order valence-corrected chi connectivity index (χ0v) is 19.8. The Balaban J connectivity index is 1.62. The first-order valence-electron chi connectivity index (χ1n) is 10.9. The van der Waals surface area contributed by atoms with E-state index in [-0.39, 0.29) is 24.3 Å². The molecule has 1 aliphatic rings. The normalized spacial score (nSPS) is 17.3. The lowest BCUT2D eigenvalue weighted by atomic mass is 9.87. The molecule has 0 radical (unpaired) electrons. The van der Waals surface area contributed by atoms with Gasteiger partial charge in [0.25, 0.3) is 5.91 Å². The molecule has 3 aromatic rings. The summed E-state index contributed by atoms with van der Waals surface area (Å²) >= 11 is 5.98. The van der Waals surface area contributed by atoms with Gasteiger partial charge >= 0.3 is 0 Å². The number of hydrogen-bond acceptors (Lipinski definition) is 5. The Morgan fingerprint density at radius 2 is 1.85 bits per heavy atom. The van der Waals surface area contributed by atoms with Gasteiger partial charge in [0.1, 0.15) is 11.5 Å². The second kappa shape index (κ2) is 10.6. The van der Waals surface area contributed by atoms with Gasteiger partial charge < -0.3 is 19.7 Å². The first-order chi connectivity index (χ1) is 16.5. The van der Waals surface area contributed by atoms with E-state index in [9.17, 15) is 9.59 Å². The van der Waals surface area contributed by atoms with Gasteiger partial charge in [-0.15, -0.1) is 0 Å². The molecule has 1 N–H and O–H groups in total. The highest BCUT2D eigenvalue weighted by atomic mass is 35.5. The van der Waals surface area contributed by atoms with Crippen LogP contribution in [0.2, 0.25) is 5.02 Å². The summed E-state index contributed by atoms with van der Waals surface area (Å²) in [5.74, 6) is 0.265. The van der Waals surface area contributed by atoms with Crippen molar-refractivity contribution in [1.29, 1.82) is 0 Å². The highest BCUT2D eigenvalue weighted by molar-refractivity contribution is 6.30. The number of rotatable bonds is 7. The summed E-state index contributed by atoms with van der Waals surface area (Å²) in [6.07, 6.45) is 1.69. The molecule has 0 spiro atoms. The molecule has 1 aromatic heterocycles. The second-order valence-electron chi connectivity index (χ2n) is 8.08. The predicted octanol–water partition coefficient (Wildman–Crippen LogP) is 3.92. The number of nitrogens with one attached hydrogen (secondary N) is 1. The first kappa shape index (κ1) is 23.6. The number of nitrogens with zero attached hydrogens (tertiary/aromatic N) is 2. The van der Waals surface area contributed by atoms with Gasteiger partial charge in [-0.3, -0.25) is 14.6 Å². The smallest absolute Gasteiger partial charge is 0.253 e. The number of halogens is 1. The lowest BCUT2D eigenvalue weighted by Gasteiger charge is -2.21. The first-order valence-corrected chi connectivity index (χ1v) is 11.3. The summed E-state index contributed by atoms with van der Waals surface area (Å²) in [4.78, 5) is 32.6. The largest absolute Gasteiger partial charge is 0.497 e. The number of aromatic nitrogens is 1. The minimum Gasteiger partial charge on any atom is -0.497 e. The Morgan fingerprint density at radius 1 is 1.06 bits per heavy atom. The van der Waals surface area contributed by atoms with Crippen LogP contribution in [0.1, 0.15) is 27.5 Å². The van der Waals surface area contributed by atoms with Crippen molar-refractivity contribution in [3.05, 3.63) is 88.7 Å². The molecule has 1 fully saturated rings. The standard InChI is InChI=1S/C26H26ClN3O4/c1-33-20-10-11-24(34-2)21(13-20)22-15-30(26(32)17-6-8-18(27)9-7-17)16-23(22)25(31)29-14-19-5-3-4-12-28-19/h3-13,22-23H,14-16H2,1-2H3,(H,29,31)/t22-,23-/m1/s1. The van der Waals surface area contributed by atoms with Crippen LogP contribution < -0.4 is 14.8 Å². The summed E-state index contributed by atoms with van der Waals surface area (Å²) in [6, 6.07) is 17.8. The zero-order valence-electron chi connectivity index (χ0n) is 19.0. The Bertz CT molecular complexity index is 1150. The number of methoxy groups -OCH3 is 2. The highest BCUT2D eigenvalue weighted by Gasteiger charge is 2.42. The van der Waals surface area contributed by atoms with Gasteiger partial charge in [-0.05, 0) is 54.6 Å². The fourth-order valence-electron chi connectivity index (χ4n) is 4.27. The Labute approximate surface area is 203 Å². The van der Waals surface area contributed by atoms with Crippen LogP contribution in [-0.4, -0.2) is 49.0 Å². The van der Waals surface area contributed by atoms with Gasteiger partial charge in [0.15, 0.2) is 0 Å². The molecule has 2 atom stereocenters. The van der Waals surface area contributed by atoms with Crippen molar-refractivity contribution in [3.63, 3.8) is 0 Å². The third-order valence-corrected chi connectivity index (χ3v) is 6.29. The van der Waals surface area contributed by atoms with Crippen molar-refractivity contribution in [3.8, 4) is 11.5 Å². The number of carbonyl (C=O) groups excluding carboxylic acids is 2. The Hall–Kier alpha value is -3.58. The summed E-state index contributed by atoms with van der Waals surface area (Å²) in [5, 5.41) is 3.54. The maximum atomic E-state index is 13.3. The molecule has 1 saturated heterocycles. The third kappa shape index (κ3) is 5.15. The van der Waals surface area contributed by atoms with Crippen LogP contribution in [0.15, 0.2) is 66.9 Å². The van der Waals surface area contributed by atoms with E-state index in [1.54, 1.807) is 49.6 Å². The van der Waals surface area contributed by atoms with Crippen molar-refractivity contribution in [1.82, 2.24) is 15.2 Å². The van der Waals surface area contributed by atoms with E-state index < -0.39 is 5.92 Å². The van der Waals surface area contributed by atoms with Crippen LogP contribution in [-0.2, 0) is 11.3 Å². The molecule has 7 nitrogen and oxygen atoms in total. The summed E-state index contributed by atoms with van der Waals surface area (Å²) in [5.41, 5.74) is 2.11. The fraction of sp³-hybridized carbons (Fsp3) is 0.269. The number of hydrogen-bond donors (Lipinski definition) is 1. The van der Waals surface area contributed by atoms with Gasteiger partial charge in [0, 0.05) is 41.4 Å². The average molecular weight is 480 g/mol. The lowest BCUT2D eigenvalue weighted by molar-refractivity contribution is -0.125. The molecule has 4 rings (SSSR count). The molecule has 0 aliphatic carbocycles. The number of carbonyl (C=O) groups is 2. The molecule has 8 heteroatoms. The van der Waals surface area contributed by atoms with Crippen LogP contribution in [0.3, 0.4) is 0 Å². The van der Waals surface area contributed by atoms with Crippen molar-refractivity contribution in [2.24, 2.45) is 5.92 Å². The molecule has 2 aromatic carbocycles. The van der Waals surface area contributed by atoms with Crippen molar-refractivity contribution >= 4 is 23.4 Å². The van der Waals surface area contributed by atoms with E-state index in [0.717, 1.165) is 11.3 Å². The third-order valence-electron chi connectivity index (χ3n) is 6.04. The topological polar surface area (TPSA) is 80.8 Å². The zero-order chi connectivity index (χ0) is 24.1. The number of benzene rings is 2. The van der Waals surface area contributed by atoms with Gasteiger partial charge in [0.05, 0.1) is 32.4 Å². The van der Waals surface area contributed by atoms with Crippen LogP contribution >= 0.6 is 11.6 Å². The second-order valence-corrected chi connectivity index (χ2v) is 8.51. The molecule has 1 aliphatic heterocycles. The van der Waals surface area contributed by atoms with Gasteiger partial charge in [-0.2, -0.15) is 0 Å². The van der Waals surface area contributed by atoms with Gasteiger partial charge in [-0.1, -0.05) is 17.7 Å². The number of pyridine rings is 1. The average Bonchev–Trinajstić information content (AvgIpc) is 3.33. The molecule has 0 bridgehead atoms. The fourth-order valence-corrected chi connectivity index (χ4v) is 4.39. The number of amides is 2. The molecular weight excluding hydrogens is 454 g/mol. The van der Waals surface area contributed by atoms with E-state index in [4.69, 9.17) is 21.1 Å². The molecule has 34 heavy (non-hydrogen) atoms. The van der Waals surface area contributed by atoms with E-state index in [1.807, 2.05) is 36.4 Å². The Morgan fingerprint density at radius 3 is 2.53 bits per heavy atom.